The molecule has 0 radical (unpaired) electrons. The number of anilines is 1. The summed E-state index contributed by atoms with van der Waals surface area (Å²) in [7, 11) is 0. The number of piperidine rings is 1. The molecule has 0 spiro atoms. The van der Waals surface area contributed by atoms with E-state index in [4.69, 9.17) is 12.2 Å². The number of hydrogen-bond donors (Lipinski definition) is 0. The molecule has 1 aliphatic carbocycles. The molecular weight excluding hydrogens is 464 g/mol. The first-order valence-corrected chi connectivity index (χ1v) is 13.8. The van der Waals surface area contributed by atoms with Crippen molar-refractivity contribution >= 4 is 46.1 Å². The lowest BCUT2D eigenvalue weighted by Gasteiger charge is -2.36. The fourth-order valence-corrected chi connectivity index (χ4v) is 6.94. The fraction of sp³-hybridized carbons (Fsp3) is 0.615. The number of thiocarbonyl (C=S) groups is 1. The number of amides is 1. The van der Waals surface area contributed by atoms with E-state index in [2.05, 4.69) is 17.9 Å². The fourth-order valence-electron chi connectivity index (χ4n) is 5.56. The highest BCUT2D eigenvalue weighted by Gasteiger charge is 2.38. The van der Waals surface area contributed by atoms with Gasteiger partial charge in [0, 0.05) is 31.2 Å². The topological polar surface area (TPSA) is 69.3 Å². The minimum absolute atomic E-state index is 0.0361. The molecule has 34 heavy (non-hydrogen) atoms. The number of rotatable bonds is 5. The summed E-state index contributed by atoms with van der Waals surface area (Å²) in [5.74, 6) is 1.33. The Hall–Kier alpha value is -2.11. The number of thioether (sulfide) groups is 1. The van der Waals surface area contributed by atoms with Crippen LogP contribution in [-0.2, 0) is 11.3 Å². The van der Waals surface area contributed by atoms with Crippen molar-refractivity contribution in [1.82, 2.24) is 9.47 Å². The summed E-state index contributed by atoms with van der Waals surface area (Å²) in [6, 6.07) is 2.32. The van der Waals surface area contributed by atoms with Gasteiger partial charge >= 0.3 is 0 Å². The predicted octanol–water partition coefficient (Wildman–Crippen LogP) is 5.21. The molecule has 3 fully saturated rings. The summed E-state index contributed by atoms with van der Waals surface area (Å²) in [6.07, 6.45) is 10.4. The average Bonchev–Trinajstić information content (AvgIpc) is 3.10. The molecule has 0 aromatic carbocycles. The van der Waals surface area contributed by atoms with Crippen molar-refractivity contribution in [1.29, 1.82) is 5.26 Å². The molecule has 3 heterocycles. The van der Waals surface area contributed by atoms with Crippen LogP contribution in [0.2, 0.25) is 0 Å². The summed E-state index contributed by atoms with van der Waals surface area (Å²) in [5.41, 5.74) is 1.39. The van der Waals surface area contributed by atoms with Gasteiger partial charge in [-0.3, -0.25) is 19.1 Å². The van der Waals surface area contributed by atoms with Gasteiger partial charge in [0.05, 0.1) is 4.91 Å². The largest absolute Gasteiger partial charge is 0.357 e. The zero-order valence-electron chi connectivity index (χ0n) is 20.4. The Morgan fingerprint density at radius 3 is 2.56 bits per heavy atom. The summed E-state index contributed by atoms with van der Waals surface area (Å²) in [4.78, 5) is 31.5. The third-order valence-corrected chi connectivity index (χ3v) is 8.62. The maximum absolute atomic E-state index is 13.5. The quantitative estimate of drug-likeness (QED) is 0.410. The Kier molecular flexibility index (Phi) is 7.83. The van der Waals surface area contributed by atoms with Crippen LogP contribution in [0.1, 0.15) is 81.9 Å². The van der Waals surface area contributed by atoms with Crippen LogP contribution in [0, 0.1) is 24.2 Å². The van der Waals surface area contributed by atoms with E-state index in [0.717, 1.165) is 63.0 Å². The lowest BCUT2D eigenvalue weighted by Crippen LogP contribution is -2.40. The first kappa shape index (κ1) is 25.0. The normalized spacial score (nSPS) is 23.1. The average molecular weight is 499 g/mol. The van der Waals surface area contributed by atoms with E-state index in [0.29, 0.717) is 27.3 Å². The van der Waals surface area contributed by atoms with Gasteiger partial charge in [0.1, 0.15) is 21.8 Å². The zero-order valence-corrected chi connectivity index (χ0v) is 22.1. The first-order valence-electron chi connectivity index (χ1n) is 12.6. The molecule has 1 aromatic rings. The molecule has 1 saturated carbocycles. The minimum Gasteiger partial charge on any atom is -0.357 e. The highest BCUT2D eigenvalue weighted by Crippen LogP contribution is 2.39. The highest BCUT2D eigenvalue weighted by molar-refractivity contribution is 8.26. The van der Waals surface area contributed by atoms with Gasteiger partial charge in [0.2, 0.25) is 0 Å². The molecule has 1 amide bonds. The van der Waals surface area contributed by atoms with Crippen LogP contribution >= 0.6 is 24.0 Å². The zero-order chi connectivity index (χ0) is 24.4. The molecule has 1 atom stereocenters. The molecule has 4 rings (SSSR count). The van der Waals surface area contributed by atoms with E-state index in [1.54, 1.807) is 4.57 Å². The lowest BCUT2D eigenvalue weighted by molar-refractivity contribution is -0.124. The Morgan fingerprint density at radius 2 is 1.91 bits per heavy atom. The van der Waals surface area contributed by atoms with Crippen LogP contribution in [-0.4, -0.2) is 38.8 Å². The number of pyridine rings is 1. The third-order valence-electron chi connectivity index (χ3n) is 7.29. The van der Waals surface area contributed by atoms with Crippen molar-refractivity contribution in [3.05, 3.63) is 31.9 Å². The number of carbonyl (C=O) groups is 1. The maximum Gasteiger partial charge on any atom is 0.270 e. The minimum atomic E-state index is -0.234. The van der Waals surface area contributed by atoms with Crippen molar-refractivity contribution in [2.24, 2.45) is 5.92 Å². The van der Waals surface area contributed by atoms with Gasteiger partial charge in [0.15, 0.2) is 0 Å². The number of carbonyl (C=O) groups excluding carboxylic acids is 1. The van der Waals surface area contributed by atoms with Gasteiger partial charge < -0.3 is 4.90 Å². The maximum atomic E-state index is 13.5. The molecule has 1 aromatic heterocycles. The molecule has 0 N–H and O–H groups in total. The third kappa shape index (κ3) is 4.70. The number of hydrogen-bond acceptors (Lipinski definition) is 6. The molecule has 0 bridgehead atoms. The van der Waals surface area contributed by atoms with Crippen molar-refractivity contribution in [2.45, 2.75) is 84.7 Å². The van der Waals surface area contributed by atoms with Gasteiger partial charge in [-0.2, -0.15) is 5.26 Å². The van der Waals surface area contributed by atoms with Gasteiger partial charge in [-0.05, 0) is 56.6 Å². The van der Waals surface area contributed by atoms with Gasteiger partial charge in [-0.1, -0.05) is 57.1 Å². The van der Waals surface area contributed by atoms with E-state index in [-0.39, 0.29) is 23.1 Å². The lowest BCUT2D eigenvalue weighted by atomic mass is 9.94. The van der Waals surface area contributed by atoms with Crippen LogP contribution in [0.4, 0.5) is 5.82 Å². The smallest absolute Gasteiger partial charge is 0.270 e. The Morgan fingerprint density at radius 1 is 1.18 bits per heavy atom. The van der Waals surface area contributed by atoms with E-state index < -0.39 is 0 Å². The molecule has 3 aliphatic rings. The summed E-state index contributed by atoms with van der Waals surface area (Å²) in [5, 5.41) is 9.83. The Bertz CT molecular complexity index is 1110. The second-order valence-electron chi connectivity index (χ2n) is 9.84. The van der Waals surface area contributed by atoms with Crippen LogP contribution in [0.5, 0.6) is 0 Å². The molecular formula is C26H34N4O2S2. The van der Waals surface area contributed by atoms with Crippen LogP contribution in [0.25, 0.3) is 6.08 Å². The number of nitrogens with zero attached hydrogens (tertiary/aromatic N) is 4. The number of nitriles is 1. The first-order chi connectivity index (χ1) is 16.4. The SMILES string of the molecule is CCCn1c(N2CCCC(C)C2)c(/C=C2\SC(=S)N(C3CCCCC3)C2=O)c(C)c(C#N)c1=O. The van der Waals surface area contributed by atoms with Crippen molar-refractivity contribution < 1.29 is 4.79 Å². The van der Waals surface area contributed by atoms with E-state index in [1.165, 1.54) is 24.6 Å². The van der Waals surface area contributed by atoms with Crippen LogP contribution in [0.15, 0.2) is 9.70 Å². The second kappa shape index (κ2) is 10.7. The van der Waals surface area contributed by atoms with Crippen LogP contribution in [0.3, 0.4) is 0 Å². The highest BCUT2D eigenvalue weighted by atomic mass is 32.2. The van der Waals surface area contributed by atoms with Crippen molar-refractivity contribution in [3.8, 4) is 6.07 Å². The Balaban J connectivity index is 1.85. The molecule has 1 unspecified atom stereocenters. The second-order valence-corrected chi connectivity index (χ2v) is 11.5. The summed E-state index contributed by atoms with van der Waals surface area (Å²) < 4.78 is 2.38. The van der Waals surface area contributed by atoms with Crippen LogP contribution < -0.4 is 10.5 Å². The van der Waals surface area contributed by atoms with Gasteiger partial charge in [-0.25, -0.2) is 0 Å². The van der Waals surface area contributed by atoms with Gasteiger partial charge in [-0.15, -0.1) is 0 Å². The molecule has 2 aliphatic heterocycles. The summed E-state index contributed by atoms with van der Waals surface area (Å²) >= 11 is 7.00. The molecule has 2 saturated heterocycles. The molecule has 6 nitrogen and oxygen atoms in total. The Labute approximate surface area is 212 Å². The molecule has 182 valence electrons. The summed E-state index contributed by atoms with van der Waals surface area (Å²) in [6.45, 7) is 8.37. The van der Waals surface area contributed by atoms with Gasteiger partial charge in [0.25, 0.3) is 11.5 Å². The number of aromatic nitrogens is 1. The molecule has 8 heteroatoms. The van der Waals surface area contributed by atoms with Crippen molar-refractivity contribution in [3.63, 3.8) is 0 Å². The van der Waals surface area contributed by atoms with E-state index >= 15 is 0 Å². The van der Waals surface area contributed by atoms with E-state index in [1.807, 2.05) is 24.8 Å². The predicted molar refractivity (Wildman–Crippen MR) is 143 cm³/mol. The monoisotopic (exact) mass is 498 g/mol. The standard InChI is InChI=1S/C26H34N4O2S2/c1-4-12-29-23(28-13-8-9-17(2)16-28)20(18(3)21(15-27)24(29)31)14-22-25(32)30(26(33)34-22)19-10-6-5-7-11-19/h14,17,19H,4-13,16H2,1-3H3/b22-14-. The van der Waals surface area contributed by atoms with E-state index in [9.17, 15) is 14.9 Å². The van der Waals surface area contributed by atoms with Crippen molar-refractivity contribution in [2.75, 3.05) is 18.0 Å².